The van der Waals surface area contributed by atoms with E-state index in [1.54, 1.807) is 0 Å². The Morgan fingerprint density at radius 3 is 2.50 bits per heavy atom. The van der Waals surface area contributed by atoms with Gasteiger partial charge in [0.2, 0.25) is 10.0 Å². The van der Waals surface area contributed by atoms with E-state index in [2.05, 4.69) is 13.8 Å². The van der Waals surface area contributed by atoms with Crippen LogP contribution >= 0.6 is 0 Å². The van der Waals surface area contributed by atoms with E-state index in [0.29, 0.717) is 13.1 Å². The summed E-state index contributed by atoms with van der Waals surface area (Å²) in [4.78, 5) is -0.127. The highest BCUT2D eigenvalue weighted by molar-refractivity contribution is 7.89. The van der Waals surface area contributed by atoms with Crippen molar-refractivity contribution in [3.63, 3.8) is 0 Å². The molecule has 1 aliphatic heterocycles. The molecule has 112 valence electrons. The van der Waals surface area contributed by atoms with Crippen molar-refractivity contribution in [2.75, 3.05) is 18.8 Å². The lowest BCUT2D eigenvalue weighted by atomic mass is 9.79. The zero-order valence-corrected chi connectivity index (χ0v) is 12.7. The van der Waals surface area contributed by atoms with Crippen LogP contribution in [-0.2, 0) is 10.0 Å². The van der Waals surface area contributed by atoms with Crippen molar-refractivity contribution in [1.82, 2.24) is 4.31 Å². The Morgan fingerprint density at radius 1 is 1.35 bits per heavy atom. The molecule has 2 rings (SSSR count). The summed E-state index contributed by atoms with van der Waals surface area (Å²) in [5.74, 6) is -0.590. The molecule has 0 saturated carbocycles. The fourth-order valence-corrected chi connectivity index (χ4v) is 4.06. The molecule has 0 unspecified atom stereocenters. The van der Waals surface area contributed by atoms with Gasteiger partial charge in [-0.3, -0.25) is 0 Å². The Balaban J connectivity index is 2.26. The monoisotopic (exact) mass is 300 g/mol. The minimum Gasteiger partial charge on any atom is -0.398 e. The number of piperidine rings is 1. The van der Waals surface area contributed by atoms with Crippen LogP contribution in [0.5, 0.6) is 0 Å². The van der Waals surface area contributed by atoms with Crippen molar-refractivity contribution >= 4 is 15.7 Å². The van der Waals surface area contributed by atoms with Gasteiger partial charge in [0.15, 0.2) is 0 Å². The number of rotatable bonds is 3. The molecule has 0 atom stereocenters. The fourth-order valence-electron chi connectivity index (χ4n) is 2.49. The van der Waals surface area contributed by atoms with Gasteiger partial charge in [-0.25, -0.2) is 12.8 Å². The van der Waals surface area contributed by atoms with E-state index in [1.165, 1.54) is 16.4 Å². The van der Waals surface area contributed by atoms with Crippen LogP contribution in [0.25, 0.3) is 0 Å². The first-order valence-corrected chi connectivity index (χ1v) is 8.28. The minimum absolute atomic E-state index is 0.0928. The first-order chi connectivity index (χ1) is 9.28. The van der Waals surface area contributed by atoms with Crippen LogP contribution in [0.2, 0.25) is 0 Å². The van der Waals surface area contributed by atoms with Crippen molar-refractivity contribution in [2.45, 2.75) is 38.0 Å². The summed E-state index contributed by atoms with van der Waals surface area (Å²) in [6, 6.07) is 3.46. The highest BCUT2D eigenvalue weighted by Crippen LogP contribution is 2.36. The third-order valence-corrected chi connectivity index (χ3v) is 6.33. The van der Waals surface area contributed by atoms with Crippen LogP contribution in [-0.4, -0.2) is 25.8 Å². The second-order valence-electron chi connectivity index (χ2n) is 5.75. The van der Waals surface area contributed by atoms with Crippen molar-refractivity contribution in [1.29, 1.82) is 0 Å². The van der Waals surface area contributed by atoms with Crippen LogP contribution in [0, 0.1) is 11.2 Å². The molecular formula is C14H21FN2O2S. The van der Waals surface area contributed by atoms with Gasteiger partial charge in [0, 0.05) is 13.1 Å². The number of halogens is 1. The van der Waals surface area contributed by atoms with Gasteiger partial charge >= 0.3 is 0 Å². The van der Waals surface area contributed by atoms with E-state index in [4.69, 9.17) is 5.73 Å². The lowest BCUT2D eigenvalue weighted by Gasteiger charge is -2.38. The highest BCUT2D eigenvalue weighted by Gasteiger charge is 2.35. The number of benzene rings is 1. The van der Waals surface area contributed by atoms with Crippen LogP contribution < -0.4 is 5.73 Å². The summed E-state index contributed by atoms with van der Waals surface area (Å²) >= 11 is 0. The number of nitrogens with zero attached hydrogens (tertiary/aromatic N) is 1. The van der Waals surface area contributed by atoms with Gasteiger partial charge in [0.25, 0.3) is 0 Å². The van der Waals surface area contributed by atoms with Gasteiger partial charge < -0.3 is 5.73 Å². The summed E-state index contributed by atoms with van der Waals surface area (Å²) in [6.45, 7) is 5.22. The number of hydrogen-bond acceptors (Lipinski definition) is 3. The Labute approximate surface area is 119 Å². The summed E-state index contributed by atoms with van der Waals surface area (Å²) in [7, 11) is -3.71. The van der Waals surface area contributed by atoms with Crippen molar-refractivity contribution in [3.05, 3.63) is 24.0 Å². The molecule has 6 heteroatoms. The van der Waals surface area contributed by atoms with E-state index in [1.807, 2.05) is 0 Å². The first-order valence-electron chi connectivity index (χ1n) is 6.84. The maximum absolute atomic E-state index is 13.3. The van der Waals surface area contributed by atoms with E-state index in [0.717, 1.165) is 25.3 Å². The molecule has 1 heterocycles. The van der Waals surface area contributed by atoms with Gasteiger partial charge in [-0.15, -0.1) is 0 Å². The second-order valence-corrected chi connectivity index (χ2v) is 7.66. The lowest BCUT2D eigenvalue weighted by molar-refractivity contribution is 0.169. The first kappa shape index (κ1) is 15.3. The molecule has 0 radical (unpaired) electrons. The van der Waals surface area contributed by atoms with E-state index >= 15 is 0 Å². The molecule has 1 saturated heterocycles. The fraction of sp³-hybridized carbons (Fsp3) is 0.571. The molecule has 0 spiro atoms. The van der Waals surface area contributed by atoms with Crippen molar-refractivity contribution in [3.8, 4) is 0 Å². The number of sulfonamides is 1. The number of nitrogens with two attached hydrogens (primary N) is 1. The molecule has 1 aliphatic rings. The van der Waals surface area contributed by atoms with E-state index < -0.39 is 15.8 Å². The van der Waals surface area contributed by atoms with Gasteiger partial charge in [-0.1, -0.05) is 20.3 Å². The third-order valence-electron chi connectivity index (χ3n) is 4.38. The molecule has 2 N–H and O–H groups in total. The van der Waals surface area contributed by atoms with Crippen molar-refractivity contribution in [2.24, 2.45) is 5.41 Å². The molecule has 1 aromatic carbocycles. The molecule has 0 aliphatic carbocycles. The second kappa shape index (κ2) is 5.33. The Morgan fingerprint density at radius 2 is 1.95 bits per heavy atom. The zero-order valence-electron chi connectivity index (χ0n) is 11.9. The predicted octanol–water partition coefficient (Wildman–Crippen LogP) is 2.61. The smallest absolute Gasteiger partial charge is 0.245 e. The van der Waals surface area contributed by atoms with E-state index in [-0.39, 0.29) is 16.0 Å². The number of nitrogen functional groups attached to an aromatic ring is 1. The van der Waals surface area contributed by atoms with Gasteiger partial charge in [-0.05, 0) is 36.5 Å². The molecule has 0 amide bonds. The average Bonchev–Trinajstić information content (AvgIpc) is 2.42. The topological polar surface area (TPSA) is 63.4 Å². The minimum atomic E-state index is -3.71. The third kappa shape index (κ3) is 2.81. The van der Waals surface area contributed by atoms with E-state index in [9.17, 15) is 12.8 Å². The summed E-state index contributed by atoms with van der Waals surface area (Å²) < 4.78 is 39.8. The molecule has 0 aromatic heterocycles. The molecule has 1 aromatic rings. The highest BCUT2D eigenvalue weighted by atomic mass is 32.2. The Kier molecular flexibility index (Phi) is 4.07. The van der Waals surface area contributed by atoms with Gasteiger partial charge in [0.1, 0.15) is 10.7 Å². The van der Waals surface area contributed by atoms with Gasteiger partial charge in [0.05, 0.1) is 5.69 Å². The largest absolute Gasteiger partial charge is 0.398 e. The molecular weight excluding hydrogens is 279 g/mol. The summed E-state index contributed by atoms with van der Waals surface area (Å²) in [5.41, 5.74) is 5.98. The standard InChI is InChI=1S/C14H21FN2O2S/c1-3-14(2)6-8-17(9-7-14)20(18,19)13-10-11(15)4-5-12(13)16/h4-5,10H,3,6-9,16H2,1-2H3. The van der Waals surface area contributed by atoms with Crippen molar-refractivity contribution < 1.29 is 12.8 Å². The molecule has 1 fully saturated rings. The maximum Gasteiger partial charge on any atom is 0.245 e. The quantitative estimate of drug-likeness (QED) is 0.873. The number of anilines is 1. The molecule has 0 bridgehead atoms. The Hall–Kier alpha value is -1.14. The Bertz CT molecular complexity index is 593. The summed E-state index contributed by atoms with van der Waals surface area (Å²) in [6.07, 6.45) is 2.67. The van der Waals surface area contributed by atoms with Crippen LogP contribution in [0.1, 0.15) is 33.1 Å². The predicted molar refractivity (Wildman–Crippen MR) is 77.2 cm³/mol. The van der Waals surface area contributed by atoms with Gasteiger partial charge in [-0.2, -0.15) is 4.31 Å². The number of hydrogen-bond donors (Lipinski definition) is 1. The SMILES string of the molecule is CCC1(C)CCN(S(=O)(=O)c2cc(F)ccc2N)CC1. The summed E-state index contributed by atoms with van der Waals surface area (Å²) in [5, 5.41) is 0. The normalized spacial score (nSPS) is 19.9. The molecule has 20 heavy (non-hydrogen) atoms. The van der Waals surface area contributed by atoms with Crippen LogP contribution in [0.15, 0.2) is 23.1 Å². The lowest BCUT2D eigenvalue weighted by Crippen LogP contribution is -2.42. The molecule has 4 nitrogen and oxygen atoms in total. The van der Waals surface area contributed by atoms with Crippen LogP contribution in [0.3, 0.4) is 0 Å². The zero-order chi connectivity index (χ0) is 15.0. The average molecular weight is 300 g/mol. The maximum atomic E-state index is 13.3. The van der Waals surface area contributed by atoms with Crippen LogP contribution in [0.4, 0.5) is 10.1 Å².